The average molecular weight is 315 g/mol. The maximum absolute atomic E-state index is 12.1. The van der Waals surface area contributed by atoms with Crippen molar-refractivity contribution >= 4 is 11.9 Å². The van der Waals surface area contributed by atoms with E-state index < -0.39 is 11.9 Å². The first-order valence-corrected chi connectivity index (χ1v) is 7.48. The van der Waals surface area contributed by atoms with E-state index in [9.17, 15) is 9.59 Å². The summed E-state index contributed by atoms with van der Waals surface area (Å²) in [6.45, 7) is 6.17. The zero-order valence-electron chi connectivity index (χ0n) is 13.5. The number of aromatic carboxylic acids is 1. The molecule has 1 aromatic heterocycles. The smallest absolute Gasteiger partial charge is 0.338 e. The fraction of sp³-hybridized carbons (Fsp3) is 0.333. The Morgan fingerprint density at radius 3 is 2.48 bits per heavy atom. The second kappa shape index (κ2) is 6.69. The Labute approximate surface area is 135 Å². The molecule has 23 heavy (non-hydrogen) atoms. The molecule has 1 amide bonds. The number of carboxylic acid groups (broad SMARTS) is 1. The van der Waals surface area contributed by atoms with Gasteiger partial charge in [0.05, 0.1) is 5.56 Å². The van der Waals surface area contributed by atoms with E-state index >= 15 is 0 Å². The van der Waals surface area contributed by atoms with E-state index in [2.05, 4.69) is 31.3 Å². The Kier molecular flexibility index (Phi) is 4.89. The van der Waals surface area contributed by atoms with Crippen molar-refractivity contribution in [2.24, 2.45) is 0 Å². The van der Waals surface area contributed by atoms with Crippen LogP contribution in [0.2, 0.25) is 0 Å². The quantitative estimate of drug-likeness (QED) is 0.855. The van der Waals surface area contributed by atoms with Crippen LogP contribution in [0.5, 0.6) is 0 Å². The number of carbonyl (C=O) groups is 2. The van der Waals surface area contributed by atoms with E-state index in [1.54, 1.807) is 0 Å². The molecular formula is C18H21NO4. The van der Waals surface area contributed by atoms with E-state index in [4.69, 9.17) is 9.52 Å². The van der Waals surface area contributed by atoms with Gasteiger partial charge in [-0.2, -0.15) is 0 Å². The van der Waals surface area contributed by atoms with Gasteiger partial charge in [0.2, 0.25) is 0 Å². The van der Waals surface area contributed by atoms with Gasteiger partial charge >= 0.3 is 5.97 Å². The van der Waals surface area contributed by atoms with Gasteiger partial charge in [-0.05, 0) is 24.3 Å². The number of nitrogens with one attached hydrogen (secondary N) is 1. The van der Waals surface area contributed by atoms with Crippen LogP contribution < -0.4 is 5.32 Å². The van der Waals surface area contributed by atoms with Gasteiger partial charge < -0.3 is 14.8 Å². The number of carbonyl (C=O) groups excluding carboxylic acids is 1. The molecule has 0 bridgehead atoms. The van der Waals surface area contributed by atoms with Gasteiger partial charge in [-0.1, -0.05) is 44.2 Å². The molecule has 1 atom stereocenters. The SMILES string of the molecule is CC(CC(C)(C)c1ccccc1)NC(=O)c1cc(C(=O)O)co1. The van der Waals surface area contributed by atoms with Crippen molar-refractivity contribution < 1.29 is 19.1 Å². The van der Waals surface area contributed by atoms with Crippen molar-refractivity contribution in [2.45, 2.75) is 38.6 Å². The summed E-state index contributed by atoms with van der Waals surface area (Å²) < 4.78 is 5.01. The molecular weight excluding hydrogens is 294 g/mol. The number of furan rings is 1. The first-order valence-electron chi connectivity index (χ1n) is 7.48. The monoisotopic (exact) mass is 315 g/mol. The fourth-order valence-electron chi connectivity index (χ4n) is 2.69. The van der Waals surface area contributed by atoms with E-state index in [0.29, 0.717) is 0 Å². The Morgan fingerprint density at radius 1 is 1.26 bits per heavy atom. The highest BCUT2D eigenvalue weighted by Crippen LogP contribution is 2.28. The first kappa shape index (κ1) is 16.8. The van der Waals surface area contributed by atoms with Crippen LogP contribution in [0.3, 0.4) is 0 Å². The van der Waals surface area contributed by atoms with Crippen molar-refractivity contribution in [3.63, 3.8) is 0 Å². The number of benzene rings is 1. The molecule has 2 aromatic rings. The van der Waals surface area contributed by atoms with Crippen LogP contribution in [0.4, 0.5) is 0 Å². The van der Waals surface area contributed by atoms with Crippen LogP contribution in [-0.4, -0.2) is 23.0 Å². The zero-order chi connectivity index (χ0) is 17.0. The summed E-state index contributed by atoms with van der Waals surface area (Å²) in [5.41, 5.74) is 1.07. The highest BCUT2D eigenvalue weighted by atomic mass is 16.4. The van der Waals surface area contributed by atoms with Gasteiger partial charge in [0, 0.05) is 12.1 Å². The maximum atomic E-state index is 12.1. The Bertz CT molecular complexity index is 688. The minimum Gasteiger partial charge on any atom is -0.478 e. The summed E-state index contributed by atoms with van der Waals surface area (Å²) in [6.07, 6.45) is 1.81. The fourth-order valence-corrected chi connectivity index (χ4v) is 2.69. The summed E-state index contributed by atoms with van der Waals surface area (Å²) in [7, 11) is 0. The Hall–Kier alpha value is -2.56. The van der Waals surface area contributed by atoms with E-state index in [-0.39, 0.29) is 22.8 Å². The van der Waals surface area contributed by atoms with Crippen LogP contribution >= 0.6 is 0 Å². The topological polar surface area (TPSA) is 79.5 Å². The summed E-state index contributed by atoms with van der Waals surface area (Å²) in [5.74, 6) is -1.52. The van der Waals surface area contributed by atoms with Gasteiger partial charge in [0.1, 0.15) is 6.26 Å². The predicted octanol–water partition coefficient (Wildman–Crippen LogP) is 3.46. The summed E-state index contributed by atoms with van der Waals surface area (Å²) >= 11 is 0. The molecule has 5 heteroatoms. The standard InChI is InChI=1S/C18H21NO4/c1-12(10-18(2,3)14-7-5-4-6-8-14)19-16(20)15-9-13(11-23-15)17(21)22/h4-9,11-12H,10H2,1-3H3,(H,19,20)(H,21,22). The van der Waals surface area contributed by atoms with Crippen LogP contribution in [-0.2, 0) is 5.41 Å². The first-order chi connectivity index (χ1) is 10.8. The molecule has 0 aliphatic heterocycles. The molecule has 0 saturated carbocycles. The molecule has 2 rings (SSSR count). The zero-order valence-corrected chi connectivity index (χ0v) is 13.5. The number of hydrogen-bond acceptors (Lipinski definition) is 3. The Balaban J connectivity index is 1.99. The van der Waals surface area contributed by atoms with Gasteiger partial charge in [-0.15, -0.1) is 0 Å². The molecule has 0 fully saturated rings. The van der Waals surface area contributed by atoms with Gasteiger partial charge in [0.15, 0.2) is 5.76 Å². The Morgan fingerprint density at radius 2 is 1.91 bits per heavy atom. The molecule has 0 aliphatic carbocycles. The number of hydrogen-bond donors (Lipinski definition) is 2. The summed E-state index contributed by atoms with van der Waals surface area (Å²) in [4.78, 5) is 22.9. The van der Waals surface area contributed by atoms with Crippen molar-refractivity contribution in [1.82, 2.24) is 5.32 Å². The van der Waals surface area contributed by atoms with Crippen LogP contribution in [0.25, 0.3) is 0 Å². The summed E-state index contributed by atoms with van der Waals surface area (Å²) in [6, 6.07) is 11.2. The largest absolute Gasteiger partial charge is 0.478 e. The van der Waals surface area contributed by atoms with Crippen LogP contribution in [0, 0.1) is 0 Å². The average Bonchev–Trinajstić information content (AvgIpc) is 2.97. The molecule has 1 unspecified atom stereocenters. The van der Waals surface area contributed by atoms with Crippen molar-refractivity contribution in [3.8, 4) is 0 Å². The normalized spacial score (nSPS) is 12.7. The lowest BCUT2D eigenvalue weighted by molar-refractivity contribution is 0.0695. The third-order valence-electron chi connectivity index (χ3n) is 3.82. The van der Waals surface area contributed by atoms with Gasteiger partial charge in [-0.25, -0.2) is 4.79 Å². The van der Waals surface area contributed by atoms with Gasteiger partial charge in [0.25, 0.3) is 5.91 Å². The molecule has 0 aliphatic rings. The molecule has 5 nitrogen and oxygen atoms in total. The molecule has 0 spiro atoms. The molecule has 2 N–H and O–H groups in total. The molecule has 122 valence electrons. The lowest BCUT2D eigenvalue weighted by atomic mass is 9.79. The molecule has 0 radical (unpaired) electrons. The second-order valence-corrected chi connectivity index (χ2v) is 6.33. The summed E-state index contributed by atoms with van der Waals surface area (Å²) in [5, 5.41) is 11.7. The third-order valence-corrected chi connectivity index (χ3v) is 3.82. The third kappa shape index (κ3) is 4.22. The van der Waals surface area contributed by atoms with Crippen molar-refractivity contribution in [2.75, 3.05) is 0 Å². The number of rotatable bonds is 6. The number of carboxylic acids is 1. The second-order valence-electron chi connectivity index (χ2n) is 6.33. The van der Waals surface area contributed by atoms with Crippen molar-refractivity contribution in [3.05, 3.63) is 59.5 Å². The van der Waals surface area contributed by atoms with E-state index in [1.165, 1.54) is 11.6 Å². The predicted molar refractivity (Wildman–Crippen MR) is 86.7 cm³/mol. The maximum Gasteiger partial charge on any atom is 0.338 e. The van der Waals surface area contributed by atoms with E-state index in [0.717, 1.165) is 12.7 Å². The van der Waals surface area contributed by atoms with Crippen molar-refractivity contribution in [1.29, 1.82) is 0 Å². The lowest BCUT2D eigenvalue weighted by Crippen LogP contribution is -2.37. The van der Waals surface area contributed by atoms with Crippen LogP contribution in [0.15, 0.2) is 47.1 Å². The molecule has 1 aromatic carbocycles. The minimum absolute atomic E-state index is 0.00627. The number of amides is 1. The highest BCUT2D eigenvalue weighted by Gasteiger charge is 2.25. The lowest BCUT2D eigenvalue weighted by Gasteiger charge is -2.29. The molecule has 0 saturated heterocycles. The van der Waals surface area contributed by atoms with Crippen LogP contribution in [0.1, 0.15) is 53.7 Å². The van der Waals surface area contributed by atoms with Gasteiger partial charge in [-0.3, -0.25) is 4.79 Å². The minimum atomic E-state index is -1.12. The van der Waals surface area contributed by atoms with E-state index in [1.807, 2.05) is 25.1 Å². The molecule has 1 heterocycles. The highest BCUT2D eigenvalue weighted by molar-refractivity contribution is 5.95.